The first-order valence-electron chi connectivity index (χ1n) is 8.00. The second-order valence-electron chi connectivity index (χ2n) is 7.35. The molecule has 2 aliphatic rings. The number of hydrogen-bond donors (Lipinski definition) is 1. The molecule has 0 saturated heterocycles. The van der Waals surface area contributed by atoms with Crippen LogP contribution in [0, 0.1) is 17.3 Å². The Balaban J connectivity index is 1.89. The zero-order chi connectivity index (χ0) is 13.2. The quantitative estimate of drug-likeness (QED) is 0.786. The van der Waals surface area contributed by atoms with Crippen LogP contribution in [0.15, 0.2) is 0 Å². The average Bonchev–Trinajstić information content (AvgIpc) is 3.20. The SMILES string of the molecule is CCN(CC(C)(C)CN)C1CCCC(C2CC2)C1. The van der Waals surface area contributed by atoms with Crippen LogP contribution >= 0.6 is 0 Å². The highest BCUT2D eigenvalue weighted by molar-refractivity contribution is 4.89. The summed E-state index contributed by atoms with van der Waals surface area (Å²) in [6, 6.07) is 0.833. The topological polar surface area (TPSA) is 29.3 Å². The summed E-state index contributed by atoms with van der Waals surface area (Å²) in [4.78, 5) is 2.71. The summed E-state index contributed by atoms with van der Waals surface area (Å²) < 4.78 is 0. The standard InChI is InChI=1S/C16H32N2/c1-4-18(12-16(2,3)11-17)15-7-5-6-14(10-15)13-8-9-13/h13-15H,4-12,17H2,1-3H3. The van der Waals surface area contributed by atoms with Gasteiger partial charge in [-0.2, -0.15) is 0 Å². The van der Waals surface area contributed by atoms with E-state index in [1.807, 2.05) is 0 Å². The maximum Gasteiger partial charge on any atom is 0.00981 e. The highest BCUT2D eigenvalue weighted by atomic mass is 15.2. The first-order valence-corrected chi connectivity index (χ1v) is 8.00. The van der Waals surface area contributed by atoms with Crippen LogP contribution in [-0.4, -0.2) is 30.6 Å². The van der Waals surface area contributed by atoms with Gasteiger partial charge in [0, 0.05) is 12.6 Å². The van der Waals surface area contributed by atoms with E-state index in [4.69, 9.17) is 5.73 Å². The third kappa shape index (κ3) is 3.71. The van der Waals surface area contributed by atoms with Crippen molar-refractivity contribution in [2.75, 3.05) is 19.6 Å². The number of nitrogens with zero attached hydrogens (tertiary/aromatic N) is 1. The van der Waals surface area contributed by atoms with Gasteiger partial charge in [-0.1, -0.05) is 33.6 Å². The fourth-order valence-electron chi connectivity index (χ4n) is 3.64. The maximum absolute atomic E-state index is 5.90. The van der Waals surface area contributed by atoms with E-state index in [0.717, 1.165) is 24.4 Å². The van der Waals surface area contributed by atoms with Crippen molar-refractivity contribution >= 4 is 0 Å². The second kappa shape index (κ2) is 5.92. The predicted molar refractivity (Wildman–Crippen MR) is 78.6 cm³/mol. The molecule has 0 aromatic heterocycles. The monoisotopic (exact) mass is 252 g/mol. The molecule has 2 rings (SSSR count). The Labute approximate surface area is 113 Å². The summed E-state index contributed by atoms with van der Waals surface area (Å²) in [5.41, 5.74) is 6.16. The first kappa shape index (κ1) is 14.3. The van der Waals surface area contributed by atoms with Gasteiger partial charge >= 0.3 is 0 Å². The zero-order valence-corrected chi connectivity index (χ0v) is 12.6. The molecule has 2 atom stereocenters. The van der Waals surface area contributed by atoms with Gasteiger partial charge in [-0.05, 0) is 56.0 Å². The molecule has 0 spiro atoms. The van der Waals surface area contributed by atoms with Crippen LogP contribution in [0.3, 0.4) is 0 Å². The van der Waals surface area contributed by atoms with E-state index in [9.17, 15) is 0 Å². The number of nitrogens with two attached hydrogens (primary N) is 1. The van der Waals surface area contributed by atoms with Gasteiger partial charge in [0.25, 0.3) is 0 Å². The lowest BCUT2D eigenvalue weighted by Gasteiger charge is -2.41. The minimum atomic E-state index is 0.266. The highest BCUT2D eigenvalue weighted by Crippen LogP contribution is 2.44. The van der Waals surface area contributed by atoms with Crippen LogP contribution < -0.4 is 5.73 Å². The Morgan fingerprint density at radius 2 is 1.83 bits per heavy atom. The van der Waals surface area contributed by atoms with Crippen LogP contribution in [0.2, 0.25) is 0 Å². The summed E-state index contributed by atoms with van der Waals surface area (Å²) in [5, 5.41) is 0. The molecule has 2 unspecified atom stereocenters. The molecule has 0 aromatic carbocycles. The van der Waals surface area contributed by atoms with Crippen molar-refractivity contribution in [1.29, 1.82) is 0 Å². The van der Waals surface area contributed by atoms with Crippen molar-refractivity contribution in [2.45, 2.75) is 65.3 Å². The third-order valence-corrected chi connectivity index (χ3v) is 5.08. The fourth-order valence-corrected chi connectivity index (χ4v) is 3.64. The molecule has 2 N–H and O–H groups in total. The van der Waals surface area contributed by atoms with E-state index < -0.39 is 0 Å². The van der Waals surface area contributed by atoms with Gasteiger partial charge in [0.2, 0.25) is 0 Å². The summed E-state index contributed by atoms with van der Waals surface area (Å²) >= 11 is 0. The van der Waals surface area contributed by atoms with Crippen molar-refractivity contribution < 1.29 is 0 Å². The van der Waals surface area contributed by atoms with Crippen LogP contribution in [0.25, 0.3) is 0 Å². The molecule has 2 nitrogen and oxygen atoms in total. The molecule has 0 aromatic rings. The third-order valence-electron chi connectivity index (χ3n) is 5.08. The van der Waals surface area contributed by atoms with E-state index in [2.05, 4.69) is 25.7 Å². The molecule has 0 amide bonds. The number of hydrogen-bond acceptors (Lipinski definition) is 2. The summed E-state index contributed by atoms with van der Waals surface area (Å²) in [6.07, 6.45) is 8.84. The minimum absolute atomic E-state index is 0.266. The van der Waals surface area contributed by atoms with E-state index in [1.54, 1.807) is 0 Å². The second-order valence-corrected chi connectivity index (χ2v) is 7.35. The van der Waals surface area contributed by atoms with Gasteiger partial charge in [-0.15, -0.1) is 0 Å². The zero-order valence-electron chi connectivity index (χ0n) is 12.6. The summed E-state index contributed by atoms with van der Waals surface area (Å²) in [7, 11) is 0. The largest absolute Gasteiger partial charge is 0.330 e. The molecule has 2 saturated carbocycles. The lowest BCUT2D eigenvalue weighted by molar-refractivity contribution is 0.0903. The normalized spacial score (nSPS) is 29.8. The highest BCUT2D eigenvalue weighted by Gasteiger charge is 2.36. The predicted octanol–water partition coefficient (Wildman–Crippen LogP) is 3.26. The Bertz CT molecular complexity index is 258. The van der Waals surface area contributed by atoms with Gasteiger partial charge in [-0.3, -0.25) is 0 Å². The van der Waals surface area contributed by atoms with Gasteiger partial charge in [-0.25, -0.2) is 0 Å². The Morgan fingerprint density at radius 1 is 1.11 bits per heavy atom. The molecule has 0 aliphatic heterocycles. The lowest BCUT2D eigenvalue weighted by atomic mass is 9.81. The molecule has 2 heteroatoms. The molecule has 2 fully saturated rings. The van der Waals surface area contributed by atoms with E-state index >= 15 is 0 Å². The van der Waals surface area contributed by atoms with Crippen molar-refractivity contribution in [2.24, 2.45) is 23.0 Å². The summed E-state index contributed by atoms with van der Waals surface area (Å²) in [5.74, 6) is 2.13. The molecular formula is C16H32N2. The minimum Gasteiger partial charge on any atom is -0.330 e. The molecule has 0 radical (unpaired) electrons. The van der Waals surface area contributed by atoms with Crippen molar-refractivity contribution in [3.63, 3.8) is 0 Å². The molecule has 106 valence electrons. The van der Waals surface area contributed by atoms with Gasteiger partial charge in [0.15, 0.2) is 0 Å². The smallest absolute Gasteiger partial charge is 0.00981 e. The van der Waals surface area contributed by atoms with Crippen molar-refractivity contribution in [3.8, 4) is 0 Å². The van der Waals surface area contributed by atoms with Crippen LogP contribution in [0.5, 0.6) is 0 Å². The molecule has 18 heavy (non-hydrogen) atoms. The van der Waals surface area contributed by atoms with Crippen molar-refractivity contribution in [1.82, 2.24) is 4.90 Å². The molecule has 0 bridgehead atoms. The van der Waals surface area contributed by atoms with E-state index in [0.29, 0.717) is 0 Å². The van der Waals surface area contributed by atoms with E-state index in [-0.39, 0.29) is 5.41 Å². The Kier molecular flexibility index (Phi) is 4.71. The van der Waals surface area contributed by atoms with Crippen LogP contribution in [-0.2, 0) is 0 Å². The van der Waals surface area contributed by atoms with Crippen LogP contribution in [0.1, 0.15) is 59.3 Å². The van der Waals surface area contributed by atoms with Gasteiger partial charge in [0.05, 0.1) is 0 Å². The fraction of sp³-hybridized carbons (Fsp3) is 1.00. The molecule has 0 heterocycles. The number of rotatable bonds is 6. The van der Waals surface area contributed by atoms with Gasteiger partial charge in [0.1, 0.15) is 0 Å². The lowest BCUT2D eigenvalue weighted by Crippen LogP contribution is -2.46. The van der Waals surface area contributed by atoms with Crippen LogP contribution in [0.4, 0.5) is 0 Å². The van der Waals surface area contributed by atoms with E-state index in [1.165, 1.54) is 51.6 Å². The van der Waals surface area contributed by atoms with Crippen molar-refractivity contribution in [3.05, 3.63) is 0 Å². The van der Waals surface area contributed by atoms with Gasteiger partial charge < -0.3 is 10.6 Å². The average molecular weight is 252 g/mol. The molecular weight excluding hydrogens is 220 g/mol. The first-order chi connectivity index (χ1) is 8.55. The Morgan fingerprint density at radius 3 is 2.39 bits per heavy atom. The maximum atomic E-state index is 5.90. The summed E-state index contributed by atoms with van der Waals surface area (Å²) in [6.45, 7) is 10.1. The Hall–Kier alpha value is -0.0800. The molecule has 2 aliphatic carbocycles.